The van der Waals surface area contributed by atoms with Gasteiger partial charge in [-0.3, -0.25) is 0 Å². The van der Waals surface area contributed by atoms with E-state index in [-0.39, 0.29) is 0 Å². The number of carbonyl (C=O) groups is 1. The Morgan fingerprint density at radius 1 is 1.07 bits per heavy atom. The van der Waals surface area contributed by atoms with Crippen molar-refractivity contribution in [3.63, 3.8) is 0 Å². The highest BCUT2D eigenvalue weighted by Gasteiger charge is 2.41. The Morgan fingerprint density at radius 3 is 2.31 bits per heavy atom. The Kier molecular flexibility index (Phi) is 6.57. The van der Waals surface area contributed by atoms with Crippen molar-refractivity contribution < 1.29 is 18.8 Å². The van der Waals surface area contributed by atoms with Gasteiger partial charge in [-0.2, -0.15) is 0 Å². The monoisotopic (exact) mass is 431 g/mol. The van der Waals surface area contributed by atoms with Gasteiger partial charge >= 0.3 is 5.97 Å². The van der Waals surface area contributed by atoms with E-state index in [1.807, 2.05) is 25.1 Å². The van der Waals surface area contributed by atoms with Crippen LogP contribution < -0.4 is 10.1 Å². The Hall–Kier alpha value is -2.41. The number of esters is 1. The summed E-state index contributed by atoms with van der Waals surface area (Å²) in [5, 5.41) is 3.68. The van der Waals surface area contributed by atoms with Crippen molar-refractivity contribution in [1.82, 2.24) is 5.32 Å². The number of hydrogen-bond acceptors (Lipinski definition) is 5. The largest absolute Gasteiger partial charge is 0.607 e. The average molecular weight is 432 g/mol. The molecule has 2 unspecified atom stereocenters. The van der Waals surface area contributed by atoms with Gasteiger partial charge in [0.2, 0.25) is 0 Å². The fourth-order valence-corrected chi connectivity index (χ4v) is 5.10. The lowest BCUT2D eigenvalue weighted by Gasteiger charge is -2.31. The van der Waals surface area contributed by atoms with Gasteiger partial charge in [-0.25, -0.2) is 4.79 Å². The molecule has 152 valence electrons. The number of benzene rings is 2. The van der Waals surface area contributed by atoms with E-state index in [9.17, 15) is 9.35 Å². The van der Waals surface area contributed by atoms with E-state index in [2.05, 4.69) is 5.32 Å². The van der Waals surface area contributed by atoms with Crippen molar-refractivity contribution in [3.8, 4) is 5.75 Å². The first kappa shape index (κ1) is 21.3. The standard InChI is InChI=1S/C22H22ClNO4S/c1-13-19(22(25)28-4)20(17-7-5-6-8-18(17)23)21(14(2)24-13)29(26)16-11-9-15(27-3)10-12-16/h5-12,20,24H,1-4H3. The van der Waals surface area contributed by atoms with Crippen LogP contribution in [0.15, 0.2) is 75.3 Å². The van der Waals surface area contributed by atoms with Gasteiger partial charge in [0.05, 0.1) is 31.4 Å². The molecule has 0 aliphatic carbocycles. The lowest BCUT2D eigenvalue weighted by atomic mass is 9.86. The third-order valence-corrected chi connectivity index (χ3v) is 6.78. The predicted molar refractivity (Wildman–Crippen MR) is 114 cm³/mol. The third-order valence-electron chi connectivity index (χ3n) is 4.79. The van der Waals surface area contributed by atoms with E-state index >= 15 is 0 Å². The molecule has 1 aliphatic rings. The molecule has 2 aromatic carbocycles. The molecule has 0 saturated heterocycles. The van der Waals surface area contributed by atoms with Crippen LogP contribution in [0.2, 0.25) is 5.02 Å². The summed E-state index contributed by atoms with van der Waals surface area (Å²) in [7, 11) is 2.91. The molecule has 0 radical (unpaired) electrons. The molecule has 3 rings (SSSR count). The van der Waals surface area contributed by atoms with Gasteiger partial charge in [-0.1, -0.05) is 29.8 Å². The second kappa shape index (κ2) is 8.95. The Morgan fingerprint density at radius 2 is 1.72 bits per heavy atom. The number of allylic oxidation sites excluding steroid dienone is 3. The highest BCUT2D eigenvalue weighted by molar-refractivity contribution is 7.95. The first-order valence-corrected chi connectivity index (χ1v) is 10.5. The van der Waals surface area contributed by atoms with Crippen LogP contribution in [0.1, 0.15) is 25.3 Å². The predicted octanol–water partition coefficient (Wildman–Crippen LogP) is 4.52. The normalized spacial score (nSPS) is 17.7. The van der Waals surface area contributed by atoms with Gasteiger partial charge in [0.25, 0.3) is 0 Å². The maximum absolute atomic E-state index is 13.6. The highest BCUT2D eigenvalue weighted by Crippen LogP contribution is 2.45. The third kappa shape index (κ3) is 4.15. The molecule has 0 amide bonds. The van der Waals surface area contributed by atoms with Crippen LogP contribution in [-0.4, -0.2) is 24.7 Å². The molecule has 1 N–H and O–H groups in total. The van der Waals surface area contributed by atoms with E-state index < -0.39 is 23.1 Å². The van der Waals surface area contributed by atoms with Crippen molar-refractivity contribution >= 4 is 28.7 Å². The molecule has 7 heteroatoms. The van der Waals surface area contributed by atoms with Crippen LogP contribution >= 0.6 is 11.6 Å². The molecular formula is C22H22ClNO4S. The number of dihydropyridines is 1. The van der Waals surface area contributed by atoms with Crippen molar-refractivity contribution in [1.29, 1.82) is 0 Å². The topological polar surface area (TPSA) is 70.6 Å². The van der Waals surface area contributed by atoms with E-state index in [0.717, 1.165) is 0 Å². The molecule has 0 fully saturated rings. The van der Waals surface area contributed by atoms with Crippen LogP contribution in [0.5, 0.6) is 5.75 Å². The highest BCUT2D eigenvalue weighted by atomic mass is 35.5. The minimum Gasteiger partial charge on any atom is -0.607 e. The molecule has 2 aromatic rings. The van der Waals surface area contributed by atoms with Gasteiger partial charge in [0, 0.05) is 21.9 Å². The van der Waals surface area contributed by atoms with Gasteiger partial charge in [-0.15, -0.1) is 0 Å². The second-order valence-corrected chi connectivity index (χ2v) is 8.40. The SMILES string of the molecule is COC(=O)C1=C(C)NC(C)=C([S+]([O-])c2ccc(OC)cc2)C1c1ccccc1Cl. The summed E-state index contributed by atoms with van der Waals surface area (Å²) in [6.07, 6.45) is 0. The summed E-state index contributed by atoms with van der Waals surface area (Å²) in [6, 6.07) is 14.3. The summed E-state index contributed by atoms with van der Waals surface area (Å²) in [5.74, 6) is -0.413. The van der Waals surface area contributed by atoms with Crippen molar-refractivity contribution in [2.45, 2.75) is 24.7 Å². The van der Waals surface area contributed by atoms with Crippen LogP contribution in [0, 0.1) is 0 Å². The van der Waals surface area contributed by atoms with E-state index in [1.165, 1.54) is 7.11 Å². The number of halogens is 1. The molecule has 0 bridgehead atoms. The van der Waals surface area contributed by atoms with Gasteiger partial charge in [0.1, 0.15) is 5.75 Å². The molecule has 0 spiro atoms. The number of hydrogen-bond donors (Lipinski definition) is 1. The quantitative estimate of drug-likeness (QED) is 0.556. The zero-order valence-electron chi connectivity index (χ0n) is 16.6. The molecule has 5 nitrogen and oxygen atoms in total. The summed E-state index contributed by atoms with van der Waals surface area (Å²) in [5.41, 5.74) is 2.46. The van der Waals surface area contributed by atoms with Crippen LogP contribution in [0.25, 0.3) is 0 Å². The van der Waals surface area contributed by atoms with E-state index in [4.69, 9.17) is 21.1 Å². The van der Waals surface area contributed by atoms with Crippen LogP contribution in [0.4, 0.5) is 0 Å². The molecule has 0 aromatic heterocycles. The number of carbonyl (C=O) groups excluding carboxylic acids is 1. The first-order chi connectivity index (χ1) is 13.9. The molecule has 1 heterocycles. The van der Waals surface area contributed by atoms with Crippen LogP contribution in [0.3, 0.4) is 0 Å². The van der Waals surface area contributed by atoms with Gasteiger partial charge < -0.3 is 19.3 Å². The first-order valence-electron chi connectivity index (χ1n) is 8.96. The Balaban J connectivity index is 2.17. The van der Waals surface area contributed by atoms with Gasteiger partial charge in [0.15, 0.2) is 9.80 Å². The second-order valence-electron chi connectivity index (χ2n) is 6.54. The van der Waals surface area contributed by atoms with Crippen LogP contribution in [-0.2, 0) is 20.7 Å². The Labute approximate surface area is 178 Å². The molecule has 0 saturated carbocycles. The van der Waals surface area contributed by atoms with Gasteiger partial charge in [-0.05, 0) is 49.7 Å². The number of rotatable bonds is 5. The van der Waals surface area contributed by atoms with Crippen molar-refractivity contribution in [3.05, 3.63) is 81.0 Å². The minimum absolute atomic E-state index is 0.392. The summed E-state index contributed by atoms with van der Waals surface area (Å²) >= 11 is 4.95. The maximum Gasteiger partial charge on any atom is 0.336 e. The number of nitrogens with one attached hydrogen (secondary N) is 1. The van der Waals surface area contributed by atoms with E-state index in [0.29, 0.717) is 43.1 Å². The minimum atomic E-state index is -1.54. The molecular weight excluding hydrogens is 410 g/mol. The van der Waals surface area contributed by atoms with E-state index in [1.54, 1.807) is 44.4 Å². The smallest absolute Gasteiger partial charge is 0.336 e. The van der Waals surface area contributed by atoms with Crippen molar-refractivity contribution in [2.24, 2.45) is 0 Å². The van der Waals surface area contributed by atoms with Crippen molar-refractivity contribution in [2.75, 3.05) is 14.2 Å². The lowest BCUT2D eigenvalue weighted by Crippen LogP contribution is -2.31. The fraction of sp³-hybridized carbons (Fsp3) is 0.227. The number of ether oxygens (including phenoxy) is 2. The maximum atomic E-state index is 13.6. The number of methoxy groups -OCH3 is 2. The summed E-state index contributed by atoms with van der Waals surface area (Å²) < 4.78 is 23.8. The fourth-order valence-electron chi connectivity index (χ4n) is 3.43. The molecule has 2 atom stereocenters. The average Bonchev–Trinajstić information content (AvgIpc) is 2.73. The Bertz CT molecular complexity index is 985. The summed E-state index contributed by atoms with van der Waals surface area (Å²) in [4.78, 5) is 13.8. The zero-order chi connectivity index (χ0) is 21.1. The lowest BCUT2D eigenvalue weighted by molar-refractivity contribution is -0.136. The molecule has 1 aliphatic heterocycles. The molecule has 29 heavy (non-hydrogen) atoms. The zero-order valence-corrected chi connectivity index (χ0v) is 18.2. The summed E-state index contributed by atoms with van der Waals surface area (Å²) in [6.45, 7) is 3.64.